The lowest BCUT2D eigenvalue weighted by molar-refractivity contribution is 0.0696. The number of amides is 1. The van der Waals surface area contributed by atoms with Crippen LogP contribution in [0.3, 0.4) is 0 Å². The molecule has 108 valence electrons. The molecule has 1 N–H and O–H groups in total. The predicted octanol–water partition coefficient (Wildman–Crippen LogP) is 3.41. The normalized spacial score (nSPS) is 10.2. The van der Waals surface area contributed by atoms with Crippen molar-refractivity contribution in [3.05, 3.63) is 58.6 Å². The number of halogens is 1. The number of carbonyl (C=O) groups excluding carboxylic acids is 1. The van der Waals surface area contributed by atoms with Gasteiger partial charge in [0.05, 0.1) is 5.56 Å². The number of nitrogens with zero attached hydrogens (tertiary/aromatic N) is 1. The van der Waals surface area contributed by atoms with E-state index in [9.17, 15) is 9.59 Å². The summed E-state index contributed by atoms with van der Waals surface area (Å²) in [6.07, 6.45) is 0. The molecule has 0 saturated heterocycles. The van der Waals surface area contributed by atoms with E-state index in [4.69, 9.17) is 16.7 Å². The summed E-state index contributed by atoms with van der Waals surface area (Å²) in [5.41, 5.74) is 1.97. The van der Waals surface area contributed by atoms with Crippen molar-refractivity contribution in [2.24, 2.45) is 0 Å². The Morgan fingerprint density at radius 3 is 2.38 bits per heavy atom. The van der Waals surface area contributed by atoms with Gasteiger partial charge >= 0.3 is 5.97 Å². The van der Waals surface area contributed by atoms with Crippen molar-refractivity contribution >= 4 is 23.5 Å². The van der Waals surface area contributed by atoms with Crippen LogP contribution in [-0.4, -0.2) is 36.0 Å². The van der Waals surface area contributed by atoms with Crippen LogP contribution < -0.4 is 0 Å². The zero-order chi connectivity index (χ0) is 15.6. The van der Waals surface area contributed by atoms with Gasteiger partial charge in [-0.2, -0.15) is 0 Å². The maximum absolute atomic E-state index is 12.0. The van der Waals surface area contributed by atoms with E-state index in [1.54, 1.807) is 44.4 Å². The van der Waals surface area contributed by atoms with Crippen molar-refractivity contribution < 1.29 is 14.7 Å². The first kappa shape index (κ1) is 15.1. The second kappa shape index (κ2) is 5.97. The maximum Gasteiger partial charge on any atom is 0.335 e. The molecule has 0 heterocycles. The van der Waals surface area contributed by atoms with Crippen LogP contribution in [0.2, 0.25) is 5.02 Å². The number of hydrogen-bond acceptors (Lipinski definition) is 2. The molecule has 5 heteroatoms. The predicted molar refractivity (Wildman–Crippen MR) is 81.9 cm³/mol. The van der Waals surface area contributed by atoms with Gasteiger partial charge in [-0.25, -0.2) is 4.79 Å². The molecular weight excluding hydrogens is 290 g/mol. The van der Waals surface area contributed by atoms with E-state index in [0.717, 1.165) is 0 Å². The molecule has 0 bridgehead atoms. The van der Waals surface area contributed by atoms with Gasteiger partial charge in [-0.3, -0.25) is 4.79 Å². The molecule has 0 saturated carbocycles. The van der Waals surface area contributed by atoms with Crippen LogP contribution in [0.4, 0.5) is 0 Å². The summed E-state index contributed by atoms with van der Waals surface area (Å²) in [7, 11) is 3.35. The summed E-state index contributed by atoms with van der Waals surface area (Å²) in [5, 5.41) is 9.50. The first-order valence-electron chi connectivity index (χ1n) is 6.25. The first-order valence-corrected chi connectivity index (χ1v) is 6.63. The third-order valence-corrected chi connectivity index (χ3v) is 3.37. The lowest BCUT2D eigenvalue weighted by Gasteiger charge is -2.12. The molecule has 2 aromatic rings. The van der Waals surface area contributed by atoms with Crippen molar-refractivity contribution in [3.8, 4) is 11.1 Å². The second-order valence-electron chi connectivity index (χ2n) is 4.78. The highest BCUT2D eigenvalue weighted by Gasteiger charge is 2.12. The van der Waals surface area contributed by atoms with Crippen molar-refractivity contribution in [3.63, 3.8) is 0 Å². The van der Waals surface area contributed by atoms with Crippen LogP contribution in [0, 0.1) is 0 Å². The van der Waals surface area contributed by atoms with Crippen molar-refractivity contribution in [1.82, 2.24) is 4.90 Å². The number of rotatable bonds is 3. The largest absolute Gasteiger partial charge is 0.478 e. The van der Waals surface area contributed by atoms with Gasteiger partial charge in [-0.1, -0.05) is 23.7 Å². The lowest BCUT2D eigenvalue weighted by atomic mass is 10.0. The highest BCUT2D eigenvalue weighted by molar-refractivity contribution is 6.33. The van der Waals surface area contributed by atoms with Crippen LogP contribution >= 0.6 is 11.6 Å². The topological polar surface area (TPSA) is 57.6 Å². The molecular formula is C16H14ClNO3. The Morgan fingerprint density at radius 2 is 1.76 bits per heavy atom. The minimum absolute atomic E-state index is 0.123. The Morgan fingerprint density at radius 1 is 1.05 bits per heavy atom. The van der Waals surface area contributed by atoms with E-state index in [1.165, 1.54) is 17.0 Å². The second-order valence-corrected chi connectivity index (χ2v) is 5.19. The molecule has 0 unspecified atom stereocenters. The Kier molecular flexibility index (Phi) is 4.29. The fourth-order valence-electron chi connectivity index (χ4n) is 1.96. The van der Waals surface area contributed by atoms with Gasteiger partial charge < -0.3 is 10.0 Å². The van der Waals surface area contributed by atoms with Crippen LogP contribution in [0.1, 0.15) is 20.7 Å². The van der Waals surface area contributed by atoms with E-state index in [1.807, 2.05) is 0 Å². The average Bonchev–Trinajstić information content (AvgIpc) is 2.46. The summed E-state index contributed by atoms with van der Waals surface area (Å²) < 4.78 is 0. The molecule has 4 nitrogen and oxygen atoms in total. The Hall–Kier alpha value is -2.33. The first-order chi connectivity index (χ1) is 9.90. The molecule has 1 amide bonds. The fraction of sp³-hybridized carbons (Fsp3) is 0.125. The third-order valence-electron chi connectivity index (χ3n) is 3.04. The number of carboxylic acid groups (broad SMARTS) is 1. The molecule has 2 rings (SSSR count). The minimum Gasteiger partial charge on any atom is -0.478 e. The van der Waals surface area contributed by atoms with Gasteiger partial charge in [0.25, 0.3) is 5.91 Å². The monoisotopic (exact) mass is 303 g/mol. The summed E-state index contributed by atoms with van der Waals surface area (Å²) in [5.74, 6) is -1.14. The van der Waals surface area contributed by atoms with Gasteiger partial charge in [0.2, 0.25) is 0 Å². The van der Waals surface area contributed by atoms with Gasteiger partial charge in [-0.05, 0) is 35.9 Å². The molecule has 0 radical (unpaired) electrons. The van der Waals surface area contributed by atoms with E-state index >= 15 is 0 Å². The molecule has 0 aliphatic rings. The Balaban J connectivity index is 2.52. The molecule has 0 aromatic heterocycles. The van der Waals surface area contributed by atoms with Gasteiger partial charge in [0.15, 0.2) is 0 Å². The molecule has 0 spiro atoms. The third kappa shape index (κ3) is 3.23. The number of benzene rings is 2. The molecule has 0 aliphatic heterocycles. The zero-order valence-electron chi connectivity index (χ0n) is 11.6. The molecule has 0 atom stereocenters. The average molecular weight is 304 g/mol. The summed E-state index contributed by atoms with van der Waals surface area (Å²) in [4.78, 5) is 24.5. The smallest absolute Gasteiger partial charge is 0.335 e. The summed E-state index contributed by atoms with van der Waals surface area (Å²) >= 11 is 6.14. The number of hydrogen-bond donors (Lipinski definition) is 1. The van der Waals surface area contributed by atoms with Crippen LogP contribution in [0.25, 0.3) is 11.1 Å². The standard InChI is InChI=1S/C16H14ClNO3/c1-18(2)15(19)11-5-3-4-10(8-11)13-9-12(16(20)21)6-7-14(13)17/h3-9H,1-2H3,(H,20,21). The van der Waals surface area contributed by atoms with Crippen molar-refractivity contribution in [2.45, 2.75) is 0 Å². The fourth-order valence-corrected chi connectivity index (χ4v) is 2.18. The molecule has 0 aliphatic carbocycles. The van der Waals surface area contributed by atoms with E-state index in [-0.39, 0.29) is 11.5 Å². The van der Waals surface area contributed by atoms with Crippen LogP contribution in [0.15, 0.2) is 42.5 Å². The summed E-state index contributed by atoms with van der Waals surface area (Å²) in [6.45, 7) is 0. The van der Waals surface area contributed by atoms with E-state index in [2.05, 4.69) is 0 Å². The molecule has 0 fully saturated rings. The van der Waals surface area contributed by atoms with Gasteiger partial charge in [-0.15, -0.1) is 0 Å². The SMILES string of the molecule is CN(C)C(=O)c1cccc(-c2cc(C(=O)O)ccc2Cl)c1. The van der Waals surface area contributed by atoms with Crippen molar-refractivity contribution in [1.29, 1.82) is 0 Å². The number of carbonyl (C=O) groups is 2. The lowest BCUT2D eigenvalue weighted by Crippen LogP contribution is -2.21. The van der Waals surface area contributed by atoms with Gasteiger partial charge in [0.1, 0.15) is 0 Å². The molecule has 2 aromatic carbocycles. The summed E-state index contributed by atoms with van der Waals surface area (Å²) in [6, 6.07) is 11.4. The number of aromatic carboxylic acids is 1. The highest BCUT2D eigenvalue weighted by atomic mass is 35.5. The van der Waals surface area contributed by atoms with E-state index in [0.29, 0.717) is 21.7 Å². The van der Waals surface area contributed by atoms with E-state index < -0.39 is 5.97 Å². The maximum atomic E-state index is 12.0. The van der Waals surface area contributed by atoms with Gasteiger partial charge in [0, 0.05) is 30.2 Å². The minimum atomic E-state index is -1.02. The zero-order valence-corrected chi connectivity index (χ0v) is 12.4. The number of carboxylic acids is 1. The van der Waals surface area contributed by atoms with Crippen LogP contribution in [0.5, 0.6) is 0 Å². The quantitative estimate of drug-likeness (QED) is 0.945. The van der Waals surface area contributed by atoms with Crippen LogP contribution in [-0.2, 0) is 0 Å². The highest BCUT2D eigenvalue weighted by Crippen LogP contribution is 2.29. The Bertz CT molecular complexity index is 710. The van der Waals surface area contributed by atoms with Crippen molar-refractivity contribution in [2.75, 3.05) is 14.1 Å². The Labute approximate surface area is 127 Å². The molecule has 21 heavy (non-hydrogen) atoms.